The van der Waals surface area contributed by atoms with Gasteiger partial charge in [-0.3, -0.25) is 9.59 Å². The lowest BCUT2D eigenvalue weighted by Crippen LogP contribution is -2.33. The Labute approximate surface area is 94.9 Å². The third kappa shape index (κ3) is 2.48. The first-order valence-electron chi connectivity index (χ1n) is 5.54. The Morgan fingerprint density at radius 2 is 1.88 bits per heavy atom. The number of ketones is 1. The molecule has 0 unspecified atom stereocenters. The highest BCUT2D eigenvalue weighted by Crippen LogP contribution is 2.29. The molecule has 3 nitrogen and oxygen atoms in total. The van der Waals surface area contributed by atoms with E-state index in [1.807, 2.05) is 30.3 Å². The smallest absolute Gasteiger partial charge is 0.223 e. The molecule has 16 heavy (non-hydrogen) atoms. The van der Waals surface area contributed by atoms with Gasteiger partial charge >= 0.3 is 0 Å². The van der Waals surface area contributed by atoms with Crippen LogP contribution in [-0.2, 0) is 9.59 Å². The fraction of sp³-hybridized carbons (Fsp3) is 0.385. The molecule has 84 valence electrons. The summed E-state index contributed by atoms with van der Waals surface area (Å²) >= 11 is 0. The largest absolute Gasteiger partial charge is 0.342 e. The molecule has 1 amide bonds. The van der Waals surface area contributed by atoms with E-state index >= 15 is 0 Å². The Balaban J connectivity index is 2.11. The van der Waals surface area contributed by atoms with E-state index < -0.39 is 6.04 Å². The zero-order valence-corrected chi connectivity index (χ0v) is 9.27. The molecule has 0 radical (unpaired) electrons. The number of rotatable bonds is 4. The van der Waals surface area contributed by atoms with Crippen molar-refractivity contribution in [2.45, 2.75) is 25.8 Å². The Hall–Kier alpha value is -1.64. The topological polar surface area (TPSA) is 46.2 Å². The Kier molecular flexibility index (Phi) is 3.04. The quantitative estimate of drug-likeness (QED) is 0.836. The minimum Gasteiger partial charge on any atom is -0.342 e. The van der Waals surface area contributed by atoms with Crippen LogP contribution in [0.3, 0.4) is 0 Å². The van der Waals surface area contributed by atoms with Crippen LogP contribution in [-0.4, -0.2) is 11.7 Å². The molecule has 1 aliphatic rings. The predicted molar refractivity (Wildman–Crippen MR) is 60.7 cm³/mol. The molecule has 1 aromatic rings. The van der Waals surface area contributed by atoms with Gasteiger partial charge in [-0.05, 0) is 25.3 Å². The van der Waals surface area contributed by atoms with Gasteiger partial charge in [-0.25, -0.2) is 0 Å². The van der Waals surface area contributed by atoms with E-state index in [2.05, 4.69) is 5.32 Å². The van der Waals surface area contributed by atoms with Gasteiger partial charge in [-0.15, -0.1) is 0 Å². The maximum atomic E-state index is 11.6. The molecule has 2 rings (SSSR count). The SMILES string of the molecule is CC(=O)[C@H](NC(=O)C1CC1)c1ccccc1. The molecule has 1 aromatic carbocycles. The molecule has 0 bridgehead atoms. The van der Waals surface area contributed by atoms with E-state index in [1.54, 1.807) is 0 Å². The second-order valence-corrected chi connectivity index (χ2v) is 4.24. The summed E-state index contributed by atoms with van der Waals surface area (Å²) in [5.41, 5.74) is 0.851. The number of amides is 1. The summed E-state index contributed by atoms with van der Waals surface area (Å²) in [5.74, 6) is 0.106. The first-order chi connectivity index (χ1) is 7.68. The molecule has 1 atom stereocenters. The van der Waals surface area contributed by atoms with E-state index in [9.17, 15) is 9.59 Å². The minimum atomic E-state index is -0.491. The van der Waals surface area contributed by atoms with Crippen LogP contribution in [0.25, 0.3) is 0 Å². The van der Waals surface area contributed by atoms with Crippen LogP contribution >= 0.6 is 0 Å². The van der Waals surface area contributed by atoms with Crippen LogP contribution in [0.15, 0.2) is 30.3 Å². The molecule has 1 saturated carbocycles. The molecule has 1 N–H and O–H groups in total. The lowest BCUT2D eigenvalue weighted by Gasteiger charge is -2.16. The van der Waals surface area contributed by atoms with Crippen LogP contribution in [0.1, 0.15) is 31.4 Å². The van der Waals surface area contributed by atoms with Crippen molar-refractivity contribution in [1.82, 2.24) is 5.32 Å². The molecule has 0 aromatic heterocycles. The van der Waals surface area contributed by atoms with Gasteiger partial charge in [0.25, 0.3) is 0 Å². The number of hydrogen-bond acceptors (Lipinski definition) is 2. The van der Waals surface area contributed by atoms with Crippen LogP contribution in [0.2, 0.25) is 0 Å². The third-order valence-corrected chi connectivity index (χ3v) is 2.77. The molecular weight excluding hydrogens is 202 g/mol. The van der Waals surface area contributed by atoms with Gasteiger partial charge < -0.3 is 5.32 Å². The first kappa shape index (κ1) is 10.9. The number of carbonyl (C=O) groups is 2. The maximum absolute atomic E-state index is 11.6. The standard InChI is InChI=1S/C13H15NO2/c1-9(15)12(10-5-3-2-4-6-10)14-13(16)11-7-8-11/h2-6,11-12H,7-8H2,1H3,(H,14,16)/t12-/m0/s1. The average Bonchev–Trinajstić information content (AvgIpc) is 3.10. The van der Waals surface area contributed by atoms with Gasteiger partial charge in [-0.1, -0.05) is 30.3 Å². The number of hydrogen-bond donors (Lipinski definition) is 1. The first-order valence-corrected chi connectivity index (χ1v) is 5.54. The summed E-state index contributed by atoms with van der Waals surface area (Å²) in [6, 6.07) is 8.86. The average molecular weight is 217 g/mol. The van der Waals surface area contributed by atoms with E-state index in [-0.39, 0.29) is 17.6 Å². The fourth-order valence-corrected chi connectivity index (χ4v) is 1.67. The fourth-order valence-electron chi connectivity index (χ4n) is 1.67. The third-order valence-electron chi connectivity index (χ3n) is 2.77. The van der Waals surface area contributed by atoms with Gasteiger partial charge in [0, 0.05) is 5.92 Å². The number of nitrogens with one attached hydrogen (secondary N) is 1. The zero-order valence-electron chi connectivity index (χ0n) is 9.27. The maximum Gasteiger partial charge on any atom is 0.223 e. The monoisotopic (exact) mass is 217 g/mol. The summed E-state index contributed by atoms with van der Waals surface area (Å²) in [6.45, 7) is 1.50. The van der Waals surface area contributed by atoms with Crippen molar-refractivity contribution in [1.29, 1.82) is 0 Å². The summed E-state index contributed by atoms with van der Waals surface area (Å²) in [7, 11) is 0. The Morgan fingerprint density at radius 3 is 2.38 bits per heavy atom. The molecule has 1 aliphatic carbocycles. The lowest BCUT2D eigenvalue weighted by atomic mass is 10.0. The zero-order chi connectivity index (χ0) is 11.5. The lowest BCUT2D eigenvalue weighted by molar-refractivity contribution is -0.127. The summed E-state index contributed by atoms with van der Waals surface area (Å²) in [5, 5.41) is 2.81. The highest BCUT2D eigenvalue weighted by molar-refractivity contribution is 5.90. The highest BCUT2D eigenvalue weighted by atomic mass is 16.2. The summed E-state index contributed by atoms with van der Waals surface area (Å²) in [4.78, 5) is 23.1. The van der Waals surface area contributed by atoms with E-state index in [4.69, 9.17) is 0 Å². The van der Waals surface area contributed by atoms with Crippen LogP contribution in [0.4, 0.5) is 0 Å². The van der Waals surface area contributed by atoms with E-state index in [0.29, 0.717) is 0 Å². The van der Waals surface area contributed by atoms with Gasteiger partial charge in [0.05, 0.1) is 0 Å². The van der Waals surface area contributed by atoms with Gasteiger partial charge in [0.2, 0.25) is 5.91 Å². The molecular formula is C13H15NO2. The second kappa shape index (κ2) is 4.47. The van der Waals surface area contributed by atoms with Crippen molar-refractivity contribution in [2.75, 3.05) is 0 Å². The van der Waals surface area contributed by atoms with Crippen molar-refractivity contribution in [3.05, 3.63) is 35.9 Å². The summed E-state index contributed by atoms with van der Waals surface area (Å²) < 4.78 is 0. The highest BCUT2D eigenvalue weighted by Gasteiger charge is 2.32. The van der Waals surface area contributed by atoms with Gasteiger partial charge in [0.15, 0.2) is 5.78 Å². The second-order valence-electron chi connectivity index (χ2n) is 4.24. The van der Waals surface area contributed by atoms with Gasteiger partial charge in [0.1, 0.15) is 6.04 Å². The van der Waals surface area contributed by atoms with Crippen LogP contribution in [0, 0.1) is 5.92 Å². The predicted octanol–water partition coefficient (Wildman–Crippen LogP) is 1.84. The number of Topliss-reactive ketones (excluding diaryl/α,β-unsaturated/α-hetero) is 1. The number of carbonyl (C=O) groups excluding carboxylic acids is 2. The van der Waals surface area contributed by atoms with Crippen molar-refractivity contribution < 1.29 is 9.59 Å². The molecule has 3 heteroatoms. The van der Waals surface area contributed by atoms with Crippen molar-refractivity contribution in [2.24, 2.45) is 5.92 Å². The molecule has 0 spiro atoms. The van der Waals surface area contributed by atoms with Crippen LogP contribution in [0.5, 0.6) is 0 Å². The van der Waals surface area contributed by atoms with Crippen molar-refractivity contribution >= 4 is 11.7 Å². The molecule has 0 saturated heterocycles. The molecule has 0 heterocycles. The van der Waals surface area contributed by atoms with Crippen molar-refractivity contribution in [3.63, 3.8) is 0 Å². The molecule has 1 fully saturated rings. The summed E-state index contributed by atoms with van der Waals surface area (Å²) in [6.07, 6.45) is 1.90. The minimum absolute atomic E-state index is 0.00375. The van der Waals surface area contributed by atoms with Crippen LogP contribution < -0.4 is 5.32 Å². The van der Waals surface area contributed by atoms with E-state index in [1.165, 1.54) is 6.92 Å². The van der Waals surface area contributed by atoms with Crippen molar-refractivity contribution in [3.8, 4) is 0 Å². The van der Waals surface area contributed by atoms with Gasteiger partial charge in [-0.2, -0.15) is 0 Å². The Bertz CT molecular complexity index is 396. The number of benzene rings is 1. The van der Waals surface area contributed by atoms with E-state index in [0.717, 1.165) is 18.4 Å². The molecule has 0 aliphatic heterocycles. The normalized spacial score (nSPS) is 16.6. The Morgan fingerprint density at radius 1 is 1.25 bits per heavy atom.